The minimum atomic E-state index is -3.16. The molecule has 1 heterocycles. The molecule has 1 aliphatic carbocycles. The fourth-order valence-corrected chi connectivity index (χ4v) is 5.80. The smallest absolute Gasteiger partial charge is 0.227 e. The number of piperidine rings is 1. The summed E-state index contributed by atoms with van der Waals surface area (Å²) in [6.07, 6.45) is 4.68. The van der Waals surface area contributed by atoms with Gasteiger partial charge in [-0.05, 0) is 37.8 Å². The van der Waals surface area contributed by atoms with Gasteiger partial charge in [-0.25, -0.2) is 8.42 Å². The number of carbonyl (C=O) groups is 2. The van der Waals surface area contributed by atoms with Crippen molar-refractivity contribution < 1.29 is 18.0 Å². The Labute approximate surface area is 161 Å². The largest absolute Gasteiger partial charge is 0.343 e. The number of anilines is 1. The second kappa shape index (κ2) is 8.87. The van der Waals surface area contributed by atoms with Crippen molar-refractivity contribution in [1.82, 2.24) is 4.90 Å². The van der Waals surface area contributed by atoms with E-state index in [1.165, 1.54) is 0 Å². The zero-order chi connectivity index (χ0) is 19.3. The highest BCUT2D eigenvalue weighted by Crippen LogP contribution is 2.26. The molecule has 148 valence electrons. The molecule has 0 radical (unpaired) electrons. The van der Waals surface area contributed by atoms with E-state index in [4.69, 9.17) is 0 Å². The van der Waals surface area contributed by atoms with Gasteiger partial charge >= 0.3 is 0 Å². The van der Waals surface area contributed by atoms with Gasteiger partial charge in [0.15, 0.2) is 9.84 Å². The number of likely N-dealkylation sites (tertiary alicyclic amines) is 1. The maximum atomic E-state index is 12.4. The van der Waals surface area contributed by atoms with Crippen molar-refractivity contribution in [3.05, 3.63) is 30.3 Å². The number of hydrogen-bond donors (Lipinski definition) is 1. The Bertz CT molecular complexity index is 749. The maximum absolute atomic E-state index is 12.4. The number of rotatable bonds is 6. The van der Waals surface area contributed by atoms with Gasteiger partial charge in [-0.15, -0.1) is 0 Å². The van der Waals surface area contributed by atoms with Gasteiger partial charge in [-0.3, -0.25) is 9.59 Å². The van der Waals surface area contributed by atoms with Gasteiger partial charge in [-0.2, -0.15) is 0 Å². The van der Waals surface area contributed by atoms with E-state index in [1.807, 2.05) is 30.3 Å². The van der Waals surface area contributed by atoms with Crippen LogP contribution < -0.4 is 5.32 Å². The summed E-state index contributed by atoms with van der Waals surface area (Å²) in [4.78, 5) is 26.4. The number of sulfone groups is 1. The first kappa shape index (κ1) is 19.9. The van der Waals surface area contributed by atoms with Gasteiger partial charge in [0.05, 0.1) is 11.0 Å². The zero-order valence-corrected chi connectivity index (χ0v) is 16.4. The Kier molecular flexibility index (Phi) is 6.52. The lowest BCUT2D eigenvalue weighted by atomic mass is 9.95. The second-order valence-corrected chi connectivity index (χ2v) is 9.93. The summed E-state index contributed by atoms with van der Waals surface area (Å²) < 4.78 is 24.6. The van der Waals surface area contributed by atoms with Crippen LogP contribution >= 0.6 is 0 Å². The van der Waals surface area contributed by atoms with Crippen LogP contribution in [0.15, 0.2) is 30.3 Å². The second-order valence-electron chi connectivity index (χ2n) is 7.53. The number of hydrogen-bond acceptors (Lipinski definition) is 4. The fraction of sp³-hybridized carbons (Fsp3) is 0.600. The van der Waals surface area contributed by atoms with Gasteiger partial charge in [0.2, 0.25) is 11.8 Å². The molecule has 2 amide bonds. The first-order chi connectivity index (χ1) is 13.0. The van der Waals surface area contributed by atoms with E-state index in [0.29, 0.717) is 25.9 Å². The average molecular weight is 393 g/mol. The molecular weight excluding hydrogens is 364 g/mol. The highest BCUT2D eigenvalue weighted by Gasteiger charge is 2.31. The van der Waals surface area contributed by atoms with Crippen molar-refractivity contribution in [3.63, 3.8) is 0 Å². The summed E-state index contributed by atoms with van der Waals surface area (Å²) in [6, 6.07) is 9.34. The SMILES string of the molecule is O=C(Nc1ccccc1)C1CCN(C(=O)CCS(=O)(=O)C2CCCC2)CC1. The topological polar surface area (TPSA) is 83.6 Å². The van der Waals surface area contributed by atoms with E-state index < -0.39 is 9.84 Å². The van der Waals surface area contributed by atoms with E-state index >= 15 is 0 Å². The van der Waals surface area contributed by atoms with Crippen molar-refractivity contribution in [2.24, 2.45) is 5.92 Å². The van der Waals surface area contributed by atoms with Crippen LogP contribution in [0.4, 0.5) is 5.69 Å². The van der Waals surface area contributed by atoms with Gasteiger partial charge in [0.1, 0.15) is 0 Å². The lowest BCUT2D eigenvalue weighted by Crippen LogP contribution is -2.42. The van der Waals surface area contributed by atoms with Gasteiger partial charge < -0.3 is 10.2 Å². The molecule has 2 aliphatic rings. The molecule has 2 fully saturated rings. The molecule has 3 rings (SSSR count). The van der Waals surface area contributed by atoms with E-state index in [0.717, 1.165) is 31.4 Å². The fourth-order valence-electron chi connectivity index (χ4n) is 3.96. The number of para-hydroxylation sites is 1. The molecule has 1 saturated heterocycles. The molecule has 1 aromatic carbocycles. The van der Waals surface area contributed by atoms with Gasteiger partial charge in [0, 0.05) is 31.1 Å². The third kappa shape index (κ3) is 5.31. The number of nitrogens with one attached hydrogen (secondary N) is 1. The molecule has 1 saturated carbocycles. The molecule has 0 bridgehead atoms. The van der Waals surface area contributed by atoms with Crippen LogP contribution in [0.1, 0.15) is 44.9 Å². The monoisotopic (exact) mass is 392 g/mol. The highest BCUT2D eigenvalue weighted by molar-refractivity contribution is 7.92. The highest BCUT2D eigenvalue weighted by atomic mass is 32.2. The summed E-state index contributed by atoms with van der Waals surface area (Å²) in [5, 5.41) is 2.66. The van der Waals surface area contributed by atoms with E-state index in [1.54, 1.807) is 4.90 Å². The third-order valence-corrected chi connectivity index (χ3v) is 7.93. The summed E-state index contributed by atoms with van der Waals surface area (Å²) >= 11 is 0. The first-order valence-electron chi connectivity index (χ1n) is 9.81. The quantitative estimate of drug-likeness (QED) is 0.807. The van der Waals surface area contributed by atoms with Crippen molar-refractivity contribution >= 4 is 27.3 Å². The Hall–Kier alpha value is -1.89. The number of carbonyl (C=O) groups excluding carboxylic acids is 2. The summed E-state index contributed by atoms with van der Waals surface area (Å²) in [5.41, 5.74) is 0.776. The molecule has 6 nitrogen and oxygen atoms in total. The zero-order valence-electron chi connectivity index (χ0n) is 15.6. The van der Waals surface area contributed by atoms with Crippen LogP contribution in [0, 0.1) is 5.92 Å². The lowest BCUT2D eigenvalue weighted by Gasteiger charge is -2.31. The summed E-state index contributed by atoms with van der Waals surface area (Å²) in [5.74, 6) is -0.294. The van der Waals surface area contributed by atoms with Crippen molar-refractivity contribution in [1.29, 1.82) is 0 Å². The van der Waals surface area contributed by atoms with Crippen molar-refractivity contribution in [2.45, 2.75) is 50.2 Å². The van der Waals surface area contributed by atoms with Gasteiger partial charge in [-0.1, -0.05) is 31.0 Å². The van der Waals surface area contributed by atoms with Crippen LogP contribution in [0.25, 0.3) is 0 Å². The molecular formula is C20H28N2O4S. The van der Waals surface area contributed by atoms with E-state index in [9.17, 15) is 18.0 Å². The normalized spacial score (nSPS) is 19.2. The first-order valence-corrected chi connectivity index (χ1v) is 11.5. The maximum Gasteiger partial charge on any atom is 0.227 e. The molecule has 0 unspecified atom stereocenters. The molecule has 1 aliphatic heterocycles. The minimum absolute atomic E-state index is 0.0166. The summed E-state index contributed by atoms with van der Waals surface area (Å²) in [6.45, 7) is 1.02. The van der Waals surface area contributed by atoms with Crippen molar-refractivity contribution in [2.75, 3.05) is 24.2 Å². The van der Waals surface area contributed by atoms with E-state index in [2.05, 4.69) is 5.32 Å². The molecule has 7 heteroatoms. The third-order valence-electron chi connectivity index (χ3n) is 5.67. The molecule has 0 atom stereocenters. The van der Waals surface area contributed by atoms with E-state index in [-0.39, 0.29) is 35.2 Å². The predicted molar refractivity (Wildman–Crippen MR) is 105 cm³/mol. The molecule has 1 aromatic rings. The van der Waals surface area contributed by atoms with Crippen LogP contribution in [0.3, 0.4) is 0 Å². The lowest BCUT2D eigenvalue weighted by molar-refractivity contribution is -0.134. The van der Waals surface area contributed by atoms with Crippen LogP contribution in [0.5, 0.6) is 0 Å². The van der Waals surface area contributed by atoms with Crippen LogP contribution in [0.2, 0.25) is 0 Å². The van der Waals surface area contributed by atoms with Crippen molar-refractivity contribution in [3.8, 4) is 0 Å². The minimum Gasteiger partial charge on any atom is -0.343 e. The average Bonchev–Trinajstić information content (AvgIpc) is 3.23. The Morgan fingerprint density at radius 2 is 1.63 bits per heavy atom. The Balaban J connectivity index is 1.43. The molecule has 0 aromatic heterocycles. The number of benzene rings is 1. The number of nitrogens with zero attached hydrogens (tertiary/aromatic N) is 1. The standard InChI is InChI=1S/C20H28N2O4S/c23-19(12-15-27(25,26)18-8-4-5-9-18)22-13-10-16(11-14-22)20(24)21-17-6-2-1-3-7-17/h1-3,6-7,16,18H,4-5,8-15H2,(H,21,24). The Morgan fingerprint density at radius 1 is 1.00 bits per heavy atom. The summed E-state index contributed by atoms with van der Waals surface area (Å²) in [7, 11) is -3.16. The van der Waals surface area contributed by atoms with Crippen LogP contribution in [-0.4, -0.2) is 49.2 Å². The number of amides is 2. The molecule has 27 heavy (non-hydrogen) atoms. The predicted octanol–water partition coefficient (Wildman–Crippen LogP) is 2.61. The molecule has 0 spiro atoms. The van der Waals surface area contributed by atoms with Crippen LogP contribution in [-0.2, 0) is 19.4 Å². The van der Waals surface area contributed by atoms with Gasteiger partial charge in [0.25, 0.3) is 0 Å². The molecule has 1 N–H and O–H groups in total. The Morgan fingerprint density at radius 3 is 2.26 bits per heavy atom.